The van der Waals surface area contributed by atoms with Crippen molar-refractivity contribution in [3.05, 3.63) is 0 Å². The van der Waals surface area contributed by atoms with Crippen LogP contribution in [0, 0.1) is 23.7 Å². The van der Waals surface area contributed by atoms with Crippen LogP contribution in [-0.2, 0) is 9.47 Å². The minimum absolute atomic E-state index is 0.174. The van der Waals surface area contributed by atoms with E-state index in [1.807, 2.05) is 0 Å². The first-order valence-corrected chi connectivity index (χ1v) is 6.70. The molecule has 0 radical (unpaired) electrons. The maximum absolute atomic E-state index is 11.4. The van der Waals surface area contributed by atoms with E-state index in [1.54, 1.807) is 0 Å². The van der Waals surface area contributed by atoms with Gasteiger partial charge < -0.3 is 9.47 Å². The average molecular weight is 222 g/mol. The molecule has 1 saturated heterocycles. The van der Waals surface area contributed by atoms with E-state index in [9.17, 15) is 4.79 Å². The minimum Gasteiger partial charge on any atom is -0.431 e. The summed E-state index contributed by atoms with van der Waals surface area (Å²) in [5, 5.41) is 0. The van der Waals surface area contributed by atoms with Crippen LogP contribution in [0.2, 0.25) is 0 Å². The van der Waals surface area contributed by atoms with Crippen LogP contribution in [0.15, 0.2) is 0 Å². The van der Waals surface area contributed by atoms with Crippen molar-refractivity contribution >= 4 is 6.16 Å². The highest BCUT2D eigenvalue weighted by Crippen LogP contribution is 2.56. The molecular formula is C13H18O3. The van der Waals surface area contributed by atoms with Crippen LogP contribution in [0.4, 0.5) is 4.79 Å². The molecule has 4 unspecified atom stereocenters. The van der Waals surface area contributed by atoms with Crippen molar-refractivity contribution in [1.82, 2.24) is 0 Å². The highest BCUT2D eigenvalue weighted by molar-refractivity contribution is 5.61. The highest BCUT2D eigenvalue weighted by atomic mass is 16.7. The molecule has 4 atom stereocenters. The Balaban J connectivity index is 1.70. The summed E-state index contributed by atoms with van der Waals surface area (Å²) >= 11 is 0. The van der Waals surface area contributed by atoms with Gasteiger partial charge in [0.1, 0.15) is 12.2 Å². The van der Waals surface area contributed by atoms with Crippen molar-refractivity contribution in [3.63, 3.8) is 0 Å². The number of rotatable bonds is 0. The van der Waals surface area contributed by atoms with Crippen molar-refractivity contribution in [1.29, 1.82) is 0 Å². The Kier molecular flexibility index (Phi) is 1.83. The van der Waals surface area contributed by atoms with Crippen molar-refractivity contribution in [2.75, 3.05) is 0 Å². The minimum atomic E-state index is -0.416. The number of ether oxygens (including phenoxy) is 2. The summed E-state index contributed by atoms with van der Waals surface area (Å²) in [6, 6.07) is 0. The Morgan fingerprint density at radius 2 is 1.25 bits per heavy atom. The monoisotopic (exact) mass is 222 g/mol. The molecule has 1 aliphatic heterocycles. The molecule has 3 heteroatoms. The molecule has 16 heavy (non-hydrogen) atoms. The fourth-order valence-corrected chi connectivity index (χ4v) is 4.93. The molecule has 0 aromatic carbocycles. The zero-order valence-electron chi connectivity index (χ0n) is 9.43. The van der Waals surface area contributed by atoms with Crippen LogP contribution < -0.4 is 0 Å². The highest BCUT2D eigenvalue weighted by Gasteiger charge is 2.56. The second-order valence-electron chi connectivity index (χ2n) is 5.97. The van der Waals surface area contributed by atoms with E-state index in [1.165, 1.54) is 25.7 Å². The Morgan fingerprint density at radius 3 is 1.81 bits per heavy atom. The van der Waals surface area contributed by atoms with Gasteiger partial charge in [-0.15, -0.1) is 0 Å². The summed E-state index contributed by atoms with van der Waals surface area (Å²) in [6.45, 7) is 0. The van der Waals surface area contributed by atoms with Gasteiger partial charge in [-0.2, -0.15) is 0 Å². The Bertz CT molecular complexity index is 299. The summed E-state index contributed by atoms with van der Waals surface area (Å²) < 4.78 is 10.8. The van der Waals surface area contributed by atoms with Gasteiger partial charge in [0.05, 0.1) is 0 Å². The van der Waals surface area contributed by atoms with E-state index in [-0.39, 0.29) is 12.2 Å². The molecule has 0 spiro atoms. The zero-order valence-corrected chi connectivity index (χ0v) is 9.43. The number of hydrogen-bond acceptors (Lipinski definition) is 3. The molecule has 4 fully saturated rings. The van der Waals surface area contributed by atoms with Gasteiger partial charge in [-0.1, -0.05) is 0 Å². The normalized spacial score (nSPS) is 53.9. The van der Waals surface area contributed by atoms with Gasteiger partial charge in [-0.05, 0) is 56.3 Å². The van der Waals surface area contributed by atoms with Crippen LogP contribution in [-0.4, -0.2) is 18.4 Å². The summed E-state index contributed by atoms with van der Waals surface area (Å²) in [7, 11) is 0. The third kappa shape index (κ3) is 1.12. The maximum Gasteiger partial charge on any atom is 0.508 e. The lowest BCUT2D eigenvalue weighted by atomic mass is 9.62. The molecule has 3 aliphatic carbocycles. The molecule has 4 rings (SSSR count). The molecule has 0 bridgehead atoms. The first-order valence-electron chi connectivity index (χ1n) is 6.70. The molecule has 0 N–H and O–H groups in total. The zero-order chi connectivity index (χ0) is 10.7. The second kappa shape index (κ2) is 3.14. The van der Waals surface area contributed by atoms with Gasteiger partial charge in [0.25, 0.3) is 0 Å². The molecule has 0 aromatic heterocycles. The van der Waals surface area contributed by atoms with Crippen LogP contribution >= 0.6 is 0 Å². The third-order valence-electron chi connectivity index (χ3n) is 5.44. The molecular weight excluding hydrogens is 204 g/mol. The quantitative estimate of drug-likeness (QED) is 0.591. The standard InChI is InChI=1S/C13H18O3/c14-13-15-9-5-3-7-1-2-8-4-6-10(16-13)12(9)11(7)8/h7-12H,1-6H2. The van der Waals surface area contributed by atoms with E-state index in [2.05, 4.69) is 0 Å². The Labute approximate surface area is 95.5 Å². The molecule has 3 saturated carbocycles. The van der Waals surface area contributed by atoms with E-state index in [4.69, 9.17) is 9.47 Å². The van der Waals surface area contributed by atoms with Gasteiger partial charge in [0.2, 0.25) is 0 Å². The summed E-state index contributed by atoms with van der Waals surface area (Å²) in [5.41, 5.74) is 0. The Morgan fingerprint density at radius 1 is 0.750 bits per heavy atom. The van der Waals surface area contributed by atoms with Crippen LogP contribution in [0.3, 0.4) is 0 Å². The van der Waals surface area contributed by atoms with Crippen molar-refractivity contribution in [3.8, 4) is 0 Å². The van der Waals surface area contributed by atoms with Crippen LogP contribution in [0.5, 0.6) is 0 Å². The molecule has 88 valence electrons. The number of hydrogen-bond donors (Lipinski definition) is 0. The van der Waals surface area contributed by atoms with E-state index >= 15 is 0 Å². The largest absolute Gasteiger partial charge is 0.508 e. The third-order valence-corrected chi connectivity index (χ3v) is 5.44. The fraction of sp³-hybridized carbons (Fsp3) is 0.923. The van der Waals surface area contributed by atoms with Crippen LogP contribution in [0.1, 0.15) is 38.5 Å². The van der Waals surface area contributed by atoms with E-state index < -0.39 is 6.16 Å². The van der Waals surface area contributed by atoms with Crippen molar-refractivity contribution in [2.24, 2.45) is 23.7 Å². The average Bonchev–Trinajstić information content (AvgIpc) is 2.70. The van der Waals surface area contributed by atoms with Crippen molar-refractivity contribution in [2.45, 2.75) is 50.7 Å². The van der Waals surface area contributed by atoms with Gasteiger partial charge in [0, 0.05) is 5.92 Å². The summed E-state index contributed by atoms with van der Waals surface area (Å²) in [4.78, 5) is 11.4. The first kappa shape index (κ1) is 9.32. The molecule has 3 nitrogen and oxygen atoms in total. The predicted octanol–water partition coefficient (Wildman–Crippen LogP) is 2.74. The molecule has 1 heterocycles. The van der Waals surface area contributed by atoms with Gasteiger partial charge in [0.15, 0.2) is 0 Å². The molecule has 0 aromatic rings. The number of carbonyl (C=O) groups is 1. The van der Waals surface area contributed by atoms with Crippen molar-refractivity contribution < 1.29 is 14.3 Å². The second-order valence-corrected chi connectivity index (χ2v) is 5.97. The van der Waals surface area contributed by atoms with E-state index in [0.29, 0.717) is 5.92 Å². The van der Waals surface area contributed by atoms with Gasteiger partial charge in [-0.25, -0.2) is 4.79 Å². The fourth-order valence-electron chi connectivity index (χ4n) is 4.93. The molecule has 0 amide bonds. The number of carbonyl (C=O) groups excluding carboxylic acids is 1. The predicted molar refractivity (Wildman–Crippen MR) is 56.8 cm³/mol. The first-order chi connectivity index (χ1) is 7.83. The maximum atomic E-state index is 11.4. The van der Waals surface area contributed by atoms with Gasteiger partial charge >= 0.3 is 6.16 Å². The lowest BCUT2D eigenvalue weighted by molar-refractivity contribution is -0.161. The van der Waals surface area contributed by atoms with Crippen LogP contribution in [0.25, 0.3) is 0 Å². The lowest BCUT2D eigenvalue weighted by Crippen LogP contribution is -2.54. The van der Waals surface area contributed by atoms with E-state index in [0.717, 1.165) is 30.6 Å². The molecule has 4 aliphatic rings. The van der Waals surface area contributed by atoms with Gasteiger partial charge in [-0.3, -0.25) is 0 Å². The summed E-state index contributed by atoms with van der Waals surface area (Å²) in [6.07, 6.45) is 7.42. The topological polar surface area (TPSA) is 35.5 Å². The SMILES string of the molecule is O=C1OC2CCC3CCC4CCC(O1)C2C34. The lowest BCUT2D eigenvalue weighted by Gasteiger charge is -2.50. The summed E-state index contributed by atoms with van der Waals surface area (Å²) in [5.74, 6) is 3.12. The smallest absolute Gasteiger partial charge is 0.431 e. The Hall–Kier alpha value is -0.730.